The number of aromatic nitrogens is 1. The zero-order valence-corrected chi connectivity index (χ0v) is 26.9. The minimum absolute atomic E-state index is 0.103. The van der Waals surface area contributed by atoms with E-state index in [0.717, 1.165) is 28.0 Å². The second kappa shape index (κ2) is 12.8. The summed E-state index contributed by atoms with van der Waals surface area (Å²) in [5.74, 6) is 0.352. The number of aromatic hydroxyl groups is 1. The van der Waals surface area contributed by atoms with Crippen molar-refractivity contribution < 1.29 is 33.6 Å². The van der Waals surface area contributed by atoms with Gasteiger partial charge in [-0.25, -0.2) is 0 Å². The summed E-state index contributed by atoms with van der Waals surface area (Å²) < 4.78 is 24.9. The van der Waals surface area contributed by atoms with Crippen LogP contribution in [0.5, 0.6) is 23.1 Å². The molecule has 0 amide bonds. The first kappa shape index (κ1) is 32.1. The van der Waals surface area contributed by atoms with Gasteiger partial charge in [0.1, 0.15) is 35.6 Å². The Morgan fingerprint density at radius 2 is 1.70 bits per heavy atom. The molecular weight excluding hydrogens is 570 g/mol. The normalized spacial score (nSPS) is 17.9. The summed E-state index contributed by atoms with van der Waals surface area (Å²) >= 11 is 0.984. The fourth-order valence-electron chi connectivity index (χ4n) is 5.06. The summed E-state index contributed by atoms with van der Waals surface area (Å²) in [5.41, 5.74) is 3.16. The van der Waals surface area contributed by atoms with E-state index < -0.39 is 11.7 Å². The van der Waals surface area contributed by atoms with E-state index in [-0.39, 0.29) is 41.1 Å². The Bertz CT molecular complexity index is 1550. The van der Waals surface area contributed by atoms with Crippen LogP contribution in [-0.2, 0) is 20.7 Å². The third kappa shape index (κ3) is 6.90. The molecule has 0 saturated heterocycles. The van der Waals surface area contributed by atoms with Gasteiger partial charge in [-0.05, 0) is 56.0 Å². The molecule has 0 radical (unpaired) electrons. The van der Waals surface area contributed by atoms with Gasteiger partial charge in [-0.1, -0.05) is 58.1 Å². The standard InChI is InChI=1S/C33H41NO8S/c1-9-33(16-39-23-12-10-22(11-13-23)14-25-29(35)34-32(38)43-25)15-24(40-30(36)17(2)3)26-21(8)27(41-31(37)18(4)5)19(6)20(7)28(26)42-33/h10-13,17-18,24,35H,9,14-16H2,1-8H3,(H,34,38). The molecular formula is C33H41NO8S. The summed E-state index contributed by atoms with van der Waals surface area (Å²) in [6.07, 6.45) is 0.748. The van der Waals surface area contributed by atoms with E-state index in [9.17, 15) is 19.5 Å². The van der Waals surface area contributed by atoms with Crippen molar-refractivity contribution in [2.75, 3.05) is 6.61 Å². The van der Waals surface area contributed by atoms with Gasteiger partial charge in [0, 0.05) is 24.0 Å². The maximum absolute atomic E-state index is 12.9. The maximum Gasteiger partial charge on any atom is 0.313 e. The molecule has 232 valence electrons. The lowest BCUT2D eigenvalue weighted by molar-refractivity contribution is -0.159. The van der Waals surface area contributed by atoms with Crippen molar-refractivity contribution in [1.29, 1.82) is 0 Å². The number of thiazole rings is 1. The van der Waals surface area contributed by atoms with Crippen LogP contribution in [-0.4, -0.2) is 34.2 Å². The predicted octanol–water partition coefficient (Wildman–Crippen LogP) is 6.47. The zero-order chi connectivity index (χ0) is 31.6. The van der Waals surface area contributed by atoms with Crippen molar-refractivity contribution in [3.63, 3.8) is 0 Å². The van der Waals surface area contributed by atoms with Crippen LogP contribution in [0.1, 0.15) is 86.3 Å². The highest BCUT2D eigenvalue weighted by Gasteiger charge is 2.45. The number of carbonyl (C=O) groups excluding carboxylic acids is 2. The summed E-state index contributed by atoms with van der Waals surface area (Å²) in [6, 6.07) is 7.46. The van der Waals surface area contributed by atoms with E-state index in [2.05, 4.69) is 4.98 Å². The van der Waals surface area contributed by atoms with Crippen molar-refractivity contribution in [2.24, 2.45) is 11.8 Å². The SMILES string of the molecule is CCC1(COc2ccc(Cc3sc(=O)[nH]c3O)cc2)CC(OC(=O)C(C)C)c2c(C)c(OC(=O)C(C)C)c(C)c(C)c2O1. The fraction of sp³-hybridized carbons (Fsp3) is 0.485. The average molecular weight is 612 g/mol. The van der Waals surface area contributed by atoms with Gasteiger partial charge >= 0.3 is 16.8 Å². The van der Waals surface area contributed by atoms with Gasteiger partial charge in [0.05, 0.1) is 16.7 Å². The average Bonchev–Trinajstić information content (AvgIpc) is 3.28. The molecule has 0 aliphatic carbocycles. The number of benzene rings is 2. The highest BCUT2D eigenvalue weighted by molar-refractivity contribution is 7.09. The van der Waals surface area contributed by atoms with Crippen molar-refractivity contribution in [3.05, 3.63) is 66.6 Å². The topological polar surface area (TPSA) is 124 Å². The first-order chi connectivity index (χ1) is 20.2. The Balaban J connectivity index is 1.63. The van der Waals surface area contributed by atoms with Gasteiger partial charge in [0.25, 0.3) is 0 Å². The first-order valence-corrected chi connectivity index (χ1v) is 15.4. The molecule has 0 fully saturated rings. The maximum atomic E-state index is 12.9. The first-order valence-electron chi connectivity index (χ1n) is 14.6. The number of hydrogen-bond acceptors (Lipinski definition) is 9. The third-order valence-electron chi connectivity index (χ3n) is 7.97. The van der Waals surface area contributed by atoms with Gasteiger partial charge in [0.15, 0.2) is 0 Å². The monoisotopic (exact) mass is 611 g/mol. The number of ether oxygens (including phenoxy) is 4. The van der Waals surface area contributed by atoms with Gasteiger partial charge in [-0.2, -0.15) is 0 Å². The highest BCUT2D eigenvalue weighted by Crippen LogP contribution is 2.50. The molecule has 2 N–H and O–H groups in total. The van der Waals surface area contributed by atoms with Crippen LogP contribution in [0.25, 0.3) is 0 Å². The lowest BCUT2D eigenvalue weighted by atomic mass is 9.83. The molecule has 2 atom stereocenters. The van der Waals surface area contributed by atoms with Crippen LogP contribution in [0.2, 0.25) is 0 Å². The van der Waals surface area contributed by atoms with Gasteiger partial charge in [0.2, 0.25) is 5.88 Å². The number of hydrogen-bond donors (Lipinski definition) is 2. The third-order valence-corrected chi connectivity index (χ3v) is 8.84. The molecule has 2 unspecified atom stereocenters. The molecule has 1 aliphatic heterocycles. The van der Waals surface area contributed by atoms with Crippen molar-refractivity contribution >= 4 is 23.3 Å². The smallest absolute Gasteiger partial charge is 0.313 e. The summed E-state index contributed by atoms with van der Waals surface area (Å²) in [7, 11) is 0. The number of esters is 2. The van der Waals surface area contributed by atoms with Crippen LogP contribution in [0.4, 0.5) is 0 Å². The largest absolute Gasteiger partial charge is 0.494 e. The molecule has 2 aromatic carbocycles. The molecule has 4 rings (SSSR count). The predicted molar refractivity (Wildman–Crippen MR) is 164 cm³/mol. The molecule has 10 heteroatoms. The Kier molecular flexibility index (Phi) is 9.59. The lowest BCUT2D eigenvalue weighted by Crippen LogP contribution is -2.47. The van der Waals surface area contributed by atoms with E-state index >= 15 is 0 Å². The summed E-state index contributed by atoms with van der Waals surface area (Å²) in [4.78, 5) is 39.6. The number of nitrogens with one attached hydrogen (secondary N) is 1. The van der Waals surface area contributed by atoms with Crippen LogP contribution in [0.15, 0.2) is 29.1 Å². The highest BCUT2D eigenvalue weighted by atomic mass is 32.1. The number of carbonyl (C=O) groups is 2. The number of rotatable bonds is 10. The molecule has 0 saturated carbocycles. The summed E-state index contributed by atoms with van der Waals surface area (Å²) in [5, 5.41) is 9.90. The Hall–Kier alpha value is -3.79. The van der Waals surface area contributed by atoms with Crippen LogP contribution < -0.4 is 19.1 Å². The van der Waals surface area contributed by atoms with Crippen molar-refractivity contribution in [1.82, 2.24) is 4.98 Å². The van der Waals surface area contributed by atoms with Gasteiger partial charge in [-0.15, -0.1) is 0 Å². The number of H-pyrrole nitrogens is 1. The van der Waals surface area contributed by atoms with E-state index in [1.54, 1.807) is 27.7 Å². The molecule has 0 spiro atoms. The molecule has 1 aliphatic rings. The zero-order valence-electron chi connectivity index (χ0n) is 26.1. The minimum atomic E-state index is -0.795. The molecule has 3 aromatic rings. The van der Waals surface area contributed by atoms with Crippen LogP contribution in [0.3, 0.4) is 0 Å². The molecule has 43 heavy (non-hydrogen) atoms. The molecule has 1 aromatic heterocycles. The van der Waals surface area contributed by atoms with Gasteiger partial charge < -0.3 is 24.1 Å². The van der Waals surface area contributed by atoms with Crippen LogP contribution in [0, 0.1) is 32.6 Å². The van der Waals surface area contributed by atoms with Gasteiger partial charge in [-0.3, -0.25) is 19.4 Å². The van der Waals surface area contributed by atoms with Crippen LogP contribution >= 0.6 is 11.3 Å². The number of aromatic amines is 1. The Morgan fingerprint density at radius 3 is 2.26 bits per heavy atom. The second-order valence-electron chi connectivity index (χ2n) is 11.8. The minimum Gasteiger partial charge on any atom is -0.494 e. The molecule has 0 bridgehead atoms. The van der Waals surface area contributed by atoms with E-state index in [1.165, 1.54) is 0 Å². The fourth-order valence-corrected chi connectivity index (χ4v) is 5.82. The number of fused-ring (bicyclic) bond motifs is 1. The van der Waals surface area contributed by atoms with E-state index in [4.69, 9.17) is 18.9 Å². The lowest BCUT2D eigenvalue weighted by Gasteiger charge is -2.43. The Labute approximate surface area is 256 Å². The van der Waals surface area contributed by atoms with Crippen molar-refractivity contribution in [2.45, 2.75) is 86.4 Å². The van der Waals surface area contributed by atoms with E-state index in [1.807, 2.05) is 52.0 Å². The Morgan fingerprint density at radius 1 is 1.05 bits per heavy atom. The summed E-state index contributed by atoms with van der Waals surface area (Å²) in [6.45, 7) is 15.1. The van der Waals surface area contributed by atoms with Crippen molar-refractivity contribution in [3.8, 4) is 23.1 Å². The molecule has 9 nitrogen and oxygen atoms in total. The second-order valence-corrected chi connectivity index (χ2v) is 12.9. The van der Waals surface area contributed by atoms with E-state index in [0.29, 0.717) is 52.5 Å². The molecule has 2 heterocycles. The quantitative estimate of drug-likeness (QED) is 0.198.